The Morgan fingerprint density at radius 1 is 0.391 bits per heavy atom. The van der Waals surface area contributed by atoms with E-state index in [1.54, 1.807) is 0 Å². The maximum Gasteiger partial charge on any atom is 0.145 e. The first kappa shape index (κ1) is 38.1. The monoisotopic (exact) mass is 830 g/mol. The maximum absolute atomic E-state index is 5.49. The van der Waals surface area contributed by atoms with Crippen LogP contribution in [0.5, 0.6) is 0 Å². The Balaban J connectivity index is 1.22. The zero-order chi connectivity index (χ0) is 43.6. The number of hydrogen-bond acceptors (Lipinski definition) is 6. The standard InChI is InChI=1S/C56H46N8/c1-53(2,3)55(39-23-17-29-57-47(39)49-41(55)31-37(33-59-49)63-45-27-15-13-25-43(45)61-51(63)35-19-9-7-10-20-35)56(54(4,5)6)40-24-18-30-58-48(40)50-42(56)32-38(34-60-50)64-46-28-16-14-26-44(46)62-52(64)36-21-11-8-12-22-36/h7-34H,1-6H3. The fraction of sp³-hybridized carbons (Fsp3) is 0.179. The van der Waals surface area contributed by atoms with E-state index in [2.05, 4.69) is 184 Å². The fourth-order valence-electron chi connectivity index (χ4n) is 11.9. The van der Waals surface area contributed by atoms with Gasteiger partial charge in [-0.25, -0.2) is 9.97 Å². The molecule has 0 aliphatic heterocycles. The van der Waals surface area contributed by atoms with Gasteiger partial charge in [-0.15, -0.1) is 0 Å². The molecule has 0 amide bonds. The van der Waals surface area contributed by atoms with Crippen LogP contribution >= 0.6 is 0 Å². The van der Waals surface area contributed by atoms with Crippen molar-refractivity contribution in [2.24, 2.45) is 10.8 Å². The van der Waals surface area contributed by atoms with E-state index in [-0.39, 0.29) is 0 Å². The number of imidazole rings is 2. The summed E-state index contributed by atoms with van der Waals surface area (Å²) in [7, 11) is 0. The molecular formula is C56H46N8. The number of benzene rings is 4. The second-order valence-electron chi connectivity index (χ2n) is 19.2. The van der Waals surface area contributed by atoms with Crippen molar-refractivity contribution in [2.75, 3.05) is 0 Å². The highest BCUT2D eigenvalue weighted by molar-refractivity contribution is 5.89. The lowest BCUT2D eigenvalue weighted by Crippen LogP contribution is -2.62. The molecule has 0 saturated heterocycles. The van der Waals surface area contributed by atoms with Gasteiger partial charge in [0.1, 0.15) is 11.6 Å². The van der Waals surface area contributed by atoms with Crippen LogP contribution in [-0.4, -0.2) is 39.0 Å². The van der Waals surface area contributed by atoms with Crippen LogP contribution in [0.3, 0.4) is 0 Å². The molecule has 2 unspecified atom stereocenters. The van der Waals surface area contributed by atoms with Gasteiger partial charge in [0.2, 0.25) is 0 Å². The lowest BCUT2D eigenvalue weighted by atomic mass is 9.40. The van der Waals surface area contributed by atoms with Gasteiger partial charge in [0.15, 0.2) is 0 Å². The average molecular weight is 831 g/mol. The molecule has 0 N–H and O–H groups in total. The SMILES string of the molecule is CC(C)(C)C1(C2(C(C)(C)C)c3cccnc3-c3ncc(-n4c(-c5ccccc5)nc5ccccc54)cc32)c2cccnc2-c2ncc(-n3c(-c4ccccc4)nc4ccccc43)cc21. The Labute approximate surface area is 372 Å². The van der Waals surface area contributed by atoms with Crippen molar-refractivity contribution in [1.29, 1.82) is 0 Å². The summed E-state index contributed by atoms with van der Waals surface area (Å²) in [5.41, 5.74) is 13.4. The Bertz CT molecular complexity index is 3250. The lowest BCUT2D eigenvalue weighted by Gasteiger charge is -2.61. The van der Waals surface area contributed by atoms with Gasteiger partial charge in [-0.1, -0.05) is 139 Å². The summed E-state index contributed by atoms with van der Waals surface area (Å²) in [5.74, 6) is 1.72. The number of aromatic nitrogens is 8. The third kappa shape index (κ3) is 4.93. The molecule has 6 aromatic heterocycles. The first-order valence-corrected chi connectivity index (χ1v) is 22.0. The molecule has 10 aromatic rings. The van der Waals surface area contributed by atoms with E-state index in [9.17, 15) is 0 Å². The van der Waals surface area contributed by atoms with Crippen LogP contribution in [0, 0.1) is 10.8 Å². The van der Waals surface area contributed by atoms with Gasteiger partial charge in [0.05, 0.1) is 68.6 Å². The zero-order valence-corrected chi connectivity index (χ0v) is 36.7. The van der Waals surface area contributed by atoms with E-state index in [0.717, 1.165) is 101 Å². The molecule has 8 heteroatoms. The smallest absolute Gasteiger partial charge is 0.145 e. The molecule has 2 aliphatic rings. The van der Waals surface area contributed by atoms with E-state index >= 15 is 0 Å². The number of fused-ring (bicyclic) bond motifs is 8. The Hall–Kier alpha value is -7.58. The van der Waals surface area contributed by atoms with Crippen LogP contribution in [0.4, 0.5) is 0 Å². The van der Waals surface area contributed by atoms with Gasteiger partial charge >= 0.3 is 0 Å². The largest absolute Gasteiger partial charge is 0.291 e. The number of hydrogen-bond donors (Lipinski definition) is 0. The second kappa shape index (κ2) is 13.5. The van der Waals surface area contributed by atoms with Gasteiger partial charge in [0, 0.05) is 34.4 Å². The molecule has 310 valence electrons. The van der Waals surface area contributed by atoms with Crippen molar-refractivity contribution in [3.05, 3.63) is 193 Å². The Morgan fingerprint density at radius 3 is 1.17 bits per heavy atom. The molecule has 0 radical (unpaired) electrons. The summed E-state index contributed by atoms with van der Waals surface area (Å²) in [4.78, 5) is 31.9. The third-order valence-corrected chi connectivity index (χ3v) is 13.9. The van der Waals surface area contributed by atoms with Crippen LogP contribution in [0.25, 0.3) is 79.0 Å². The number of nitrogens with zero attached hydrogens (tertiary/aromatic N) is 8. The molecule has 2 aliphatic carbocycles. The van der Waals surface area contributed by atoms with Crippen molar-refractivity contribution in [1.82, 2.24) is 39.0 Å². The highest BCUT2D eigenvalue weighted by Crippen LogP contribution is 2.74. The molecular weight excluding hydrogens is 785 g/mol. The second-order valence-corrected chi connectivity index (χ2v) is 19.2. The molecule has 0 spiro atoms. The molecule has 64 heavy (non-hydrogen) atoms. The summed E-state index contributed by atoms with van der Waals surface area (Å²) in [6.07, 6.45) is 7.83. The van der Waals surface area contributed by atoms with E-state index in [0.29, 0.717) is 0 Å². The van der Waals surface area contributed by atoms with Crippen molar-refractivity contribution >= 4 is 22.1 Å². The van der Waals surface area contributed by atoms with Gasteiger partial charge in [0.25, 0.3) is 0 Å². The normalized spacial score (nSPS) is 17.7. The van der Waals surface area contributed by atoms with Crippen LogP contribution in [0.15, 0.2) is 170 Å². The fourth-order valence-corrected chi connectivity index (χ4v) is 11.9. The molecule has 0 fully saturated rings. The van der Waals surface area contributed by atoms with Crippen LogP contribution in [0.1, 0.15) is 63.8 Å². The highest BCUT2D eigenvalue weighted by Gasteiger charge is 2.71. The van der Waals surface area contributed by atoms with Crippen molar-refractivity contribution < 1.29 is 0 Å². The highest BCUT2D eigenvalue weighted by atomic mass is 15.1. The van der Waals surface area contributed by atoms with Gasteiger partial charge in [-0.3, -0.25) is 29.1 Å². The van der Waals surface area contributed by atoms with Crippen molar-refractivity contribution in [2.45, 2.75) is 52.4 Å². The van der Waals surface area contributed by atoms with Gasteiger partial charge in [-0.05, 0) is 81.6 Å². The molecule has 0 bridgehead atoms. The van der Waals surface area contributed by atoms with Gasteiger partial charge < -0.3 is 0 Å². The molecule has 8 nitrogen and oxygen atoms in total. The Morgan fingerprint density at radius 2 is 0.766 bits per heavy atom. The summed E-state index contributed by atoms with van der Waals surface area (Å²) >= 11 is 0. The molecule has 0 saturated carbocycles. The number of para-hydroxylation sites is 4. The molecule has 2 atom stereocenters. The minimum absolute atomic E-state index is 0.454. The van der Waals surface area contributed by atoms with Crippen LogP contribution in [-0.2, 0) is 10.8 Å². The van der Waals surface area contributed by atoms with E-state index in [4.69, 9.17) is 29.9 Å². The minimum atomic E-state index is -0.786. The summed E-state index contributed by atoms with van der Waals surface area (Å²) < 4.78 is 4.55. The predicted molar refractivity (Wildman–Crippen MR) is 256 cm³/mol. The van der Waals surface area contributed by atoms with E-state index in [1.807, 2.05) is 36.9 Å². The minimum Gasteiger partial charge on any atom is -0.291 e. The van der Waals surface area contributed by atoms with Crippen LogP contribution in [0.2, 0.25) is 0 Å². The van der Waals surface area contributed by atoms with Crippen LogP contribution < -0.4 is 0 Å². The average Bonchev–Trinajstić information content (AvgIpc) is 4.05. The van der Waals surface area contributed by atoms with Crippen molar-refractivity contribution in [3.63, 3.8) is 0 Å². The third-order valence-electron chi connectivity index (χ3n) is 13.9. The molecule has 6 heterocycles. The zero-order valence-electron chi connectivity index (χ0n) is 36.7. The summed E-state index contributed by atoms with van der Waals surface area (Å²) in [6, 6.07) is 51.2. The summed E-state index contributed by atoms with van der Waals surface area (Å²) in [6.45, 7) is 14.4. The first-order valence-electron chi connectivity index (χ1n) is 22.0. The van der Waals surface area contributed by atoms with E-state index < -0.39 is 21.7 Å². The summed E-state index contributed by atoms with van der Waals surface area (Å²) in [5, 5.41) is 0. The Kier molecular flexibility index (Phi) is 8.02. The molecule has 4 aromatic carbocycles. The number of pyridine rings is 4. The first-order chi connectivity index (χ1) is 31.0. The molecule has 12 rings (SSSR count). The van der Waals surface area contributed by atoms with Gasteiger partial charge in [-0.2, -0.15) is 0 Å². The maximum atomic E-state index is 5.49. The topological polar surface area (TPSA) is 87.2 Å². The quantitative estimate of drug-likeness (QED) is 0.172. The lowest BCUT2D eigenvalue weighted by molar-refractivity contribution is 0.0589. The predicted octanol–water partition coefficient (Wildman–Crippen LogP) is 12.6. The van der Waals surface area contributed by atoms with Crippen molar-refractivity contribution in [3.8, 4) is 56.9 Å². The van der Waals surface area contributed by atoms with E-state index in [1.165, 1.54) is 0 Å². The number of rotatable bonds is 5.